The summed E-state index contributed by atoms with van der Waals surface area (Å²) in [5, 5.41) is 0.565. The Bertz CT molecular complexity index is 668. The Morgan fingerprint density at radius 2 is 1.87 bits per heavy atom. The van der Waals surface area contributed by atoms with Gasteiger partial charge < -0.3 is 0 Å². The van der Waals surface area contributed by atoms with Crippen molar-refractivity contribution in [2.75, 3.05) is 6.26 Å². The van der Waals surface area contributed by atoms with Crippen molar-refractivity contribution in [1.29, 1.82) is 0 Å². The largest absolute Gasteiger partial charge is 0.289 e. The van der Waals surface area contributed by atoms with Crippen LogP contribution < -0.4 is 5.43 Å². The van der Waals surface area contributed by atoms with Gasteiger partial charge in [-0.25, -0.2) is 8.42 Å². The molecule has 15 heavy (non-hydrogen) atoms. The number of benzene rings is 1. The second kappa shape index (κ2) is 3.43. The molecule has 0 amide bonds. The monoisotopic (exact) mass is 240 g/mol. The Kier molecular flexibility index (Phi) is 2.36. The van der Waals surface area contributed by atoms with E-state index in [1.165, 1.54) is 6.07 Å². The molecule has 5 heteroatoms. The SMILES string of the molecule is CS(=O)(=O)c1cc(=O)c2ccccc2s1. The van der Waals surface area contributed by atoms with E-state index in [2.05, 4.69) is 0 Å². The lowest BCUT2D eigenvalue weighted by Crippen LogP contribution is -2.04. The molecule has 0 N–H and O–H groups in total. The summed E-state index contributed by atoms with van der Waals surface area (Å²) in [7, 11) is -3.30. The molecule has 1 aromatic heterocycles. The van der Waals surface area contributed by atoms with Crippen molar-refractivity contribution in [3.05, 3.63) is 40.6 Å². The Hall–Kier alpha value is -1.20. The number of hydrogen-bond donors (Lipinski definition) is 0. The Balaban J connectivity index is 2.91. The summed E-state index contributed by atoms with van der Waals surface area (Å²) in [4.78, 5) is 11.6. The van der Waals surface area contributed by atoms with Crippen LogP contribution in [0.25, 0.3) is 10.1 Å². The molecule has 0 saturated carbocycles. The van der Waals surface area contributed by atoms with Crippen molar-refractivity contribution in [2.45, 2.75) is 4.21 Å². The summed E-state index contributed by atoms with van der Waals surface area (Å²) >= 11 is 1.12. The molecule has 0 bridgehead atoms. The van der Waals surface area contributed by atoms with E-state index in [9.17, 15) is 13.2 Å². The van der Waals surface area contributed by atoms with E-state index in [1.807, 2.05) is 0 Å². The molecule has 0 aliphatic rings. The average molecular weight is 240 g/mol. The molecule has 0 radical (unpaired) electrons. The van der Waals surface area contributed by atoms with Gasteiger partial charge in [0.2, 0.25) is 0 Å². The van der Waals surface area contributed by atoms with E-state index < -0.39 is 9.84 Å². The predicted molar refractivity (Wildman–Crippen MR) is 61.2 cm³/mol. The van der Waals surface area contributed by atoms with Crippen LogP contribution in [0.15, 0.2) is 39.3 Å². The van der Waals surface area contributed by atoms with Crippen LogP contribution in [-0.2, 0) is 9.84 Å². The fraction of sp³-hybridized carbons (Fsp3) is 0.100. The molecule has 0 aliphatic carbocycles. The minimum absolute atomic E-state index is 0.117. The third-order valence-corrected chi connectivity index (χ3v) is 4.88. The molecule has 1 heterocycles. The summed E-state index contributed by atoms with van der Waals surface area (Å²) in [6, 6.07) is 8.17. The van der Waals surface area contributed by atoms with Crippen molar-refractivity contribution in [3.8, 4) is 0 Å². The van der Waals surface area contributed by atoms with E-state index in [4.69, 9.17) is 0 Å². The first kappa shape index (κ1) is 10.3. The lowest BCUT2D eigenvalue weighted by Gasteiger charge is -1.99. The van der Waals surface area contributed by atoms with Gasteiger partial charge in [0.1, 0.15) is 4.21 Å². The van der Waals surface area contributed by atoms with Gasteiger partial charge >= 0.3 is 0 Å². The van der Waals surface area contributed by atoms with Gasteiger partial charge in [-0.15, -0.1) is 11.3 Å². The summed E-state index contributed by atoms with van der Waals surface area (Å²) in [5.74, 6) is 0. The van der Waals surface area contributed by atoms with E-state index in [0.717, 1.165) is 17.6 Å². The first-order chi connectivity index (χ1) is 6.98. The van der Waals surface area contributed by atoms with Crippen molar-refractivity contribution >= 4 is 31.3 Å². The molecule has 0 atom stereocenters. The quantitative estimate of drug-likeness (QED) is 0.761. The molecule has 1 aromatic carbocycles. The van der Waals surface area contributed by atoms with E-state index in [0.29, 0.717) is 10.1 Å². The first-order valence-corrected chi connectivity index (χ1v) is 6.92. The molecular weight excluding hydrogens is 232 g/mol. The third-order valence-electron chi connectivity index (χ3n) is 1.98. The minimum atomic E-state index is -3.30. The zero-order valence-electron chi connectivity index (χ0n) is 7.93. The topological polar surface area (TPSA) is 51.2 Å². The molecule has 2 rings (SSSR count). The van der Waals surface area contributed by atoms with E-state index in [1.54, 1.807) is 24.3 Å². The predicted octanol–water partition coefficient (Wildman–Crippen LogP) is 1.67. The summed E-state index contributed by atoms with van der Waals surface area (Å²) in [6.07, 6.45) is 1.10. The summed E-state index contributed by atoms with van der Waals surface area (Å²) < 4.78 is 23.4. The second-order valence-electron chi connectivity index (χ2n) is 3.20. The highest BCUT2D eigenvalue weighted by atomic mass is 32.2. The molecule has 0 spiro atoms. The normalized spacial score (nSPS) is 11.8. The van der Waals surface area contributed by atoms with Crippen LogP contribution in [-0.4, -0.2) is 14.7 Å². The maximum absolute atomic E-state index is 11.6. The van der Waals surface area contributed by atoms with Crippen molar-refractivity contribution < 1.29 is 8.42 Å². The number of rotatable bonds is 1. The molecule has 3 nitrogen and oxygen atoms in total. The Labute approximate surface area is 90.9 Å². The van der Waals surface area contributed by atoms with Crippen molar-refractivity contribution in [1.82, 2.24) is 0 Å². The molecule has 0 fully saturated rings. The van der Waals surface area contributed by atoms with Gasteiger partial charge in [0.05, 0.1) is 0 Å². The smallest absolute Gasteiger partial charge is 0.189 e. The highest BCUT2D eigenvalue weighted by molar-refractivity contribution is 7.92. The number of hydrogen-bond acceptors (Lipinski definition) is 4. The molecule has 0 saturated heterocycles. The van der Waals surface area contributed by atoms with Gasteiger partial charge in [0, 0.05) is 22.4 Å². The van der Waals surface area contributed by atoms with Crippen molar-refractivity contribution in [3.63, 3.8) is 0 Å². The van der Waals surface area contributed by atoms with Crippen LogP contribution in [0.1, 0.15) is 0 Å². The molecule has 2 aromatic rings. The van der Waals surface area contributed by atoms with Crippen LogP contribution in [0, 0.1) is 0 Å². The zero-order valence-corrected chi connectivity index (χ0v) is 9.56. The van der Waals surface area contributed by atoms with Crippen molar-refractivity contribution in [2.24, 2.45) is 0 Å². The summed E-state index contributed by atoms with van der Waals surface area (Å²) in [6.45, 7) is 0. The summed E-state index contributed by atoms with van der Waals surface area (Å²) in [5.41, 5.74) is -0.246. The lowest BCUT2D eigenvalue weighted by atomic mass is 10.2. The Morgan fingerprint density at radius 3 is 2.53 bits per heavy atom. The molecule has 0 aliphatic heterocycles. The average Bonchev–Trinajstić information content (AvgIpc) is 2.16. The highest BCUT2D eigenvalue weighted by Gasteiger charge is 2.10. The van der Waals surface area contributed by atoms with E-state index >= 15 is 0 Å². The minimum Gasteiger partial charge on any atom is -0.289 e. The van der Waals surface area contributed by atoms with Gasteiger partial charge in [0.15, 0.2) is 15.3 Å². The standard InChI is InChI=1S/C10H8O3S2/c1-15(12,13)10-6-8(11)7-4-2-3-5-9(7)14-10/h2-6H,1H3. The van der Waals surface area contributed by atoms with Crippen LogP contribution in [0.4, 0.5) is 0 Å². The van der Waals surface area contributed by atoms with Crippen LogP contribution in [0.3, 0.4) is 0 Å². The van der Waals surface area contributed by atoms with Gasteiger partial charge in [-0.3, -0.25) is 4.79 Å². The first-order valence-electron chi connectivity index (χ1n) is 4.21. The second-order valence-corrected chi connectivity index (χ2v) is 6.52. The van der Waals surface area contributed by atoms with Gasteiger partial charge in [-0.05, 0) is 12.1 Å². The third kappa shape index (κ3) is 1.93. The van der Waals surface area contributed by atoms with Crippen LogP contribution >= 0.6 is 11.3 Å². The fourth-order valence-corrected chi connectivity index (χ4v) is 3.27. The highest BCUT2D eigenvalue weighted by Crippen LogP contribution is 2.21. The maximum Gasteiger partial charge on any atom is 0.189 e. The van der Waals surface area contributed by atoms with Gasteiger partial charge in [-0.2, -0.15) is 0 Å². The lowest BCUT2D eigenvalue weighted by molar-refractivity contribution is 0.603. The zero-order chi connectivity index (χ0) is 11.1. The van der Waals surface area contributed by atoms with Gasteiger partial charge in [-0.1, -0.05) is 12.1 Å². The molecular formula is C10H8O3S2. The molecule has 0 unspecified atom stereocenters. The van der Waals surface area contributed by atoms with Crippen LogP contribution in [0.5, 0.6) is 0 Å². The fourth-order valence-electron chi connectivity index (χ4n) is 1.26. The number of sulfone groups is 1. The van der Waals surface area contributed by atoms with Gasteiger partial charge in [0.25, 0.3) is 0 Å². The maximum atomic E-state index is 11.6. The number of fused-ring (bicyclic) bond motifs is 1. The Morgan fingerprint density at radius 1 is 1.20 bits per heavy atom. The van der Waals surface area contributed by atoms with E-state index in [-0.39, 0.29) is 9.64 Å². The molecule has 78 valence electrons. The van der Waals surface area contributed by atoms with Crippen LogP contribution in [0.2, 0.25) is 0 Å².